The summed E-state index contributed by atoms with van der Waals surface area (Å²) >= 11 is 0. The van der Waals surface area contributed by atoms with Crippen molar-refractivity contribution in [2.75, 3.05) is 37.6 Å². The highest BCUT2D eigenvalue weighted by molar-refractivity contribution is 5.38. The Morgan fingerprint density at radius 2 is 1.79 bits per heavy atom. The Bertz CT molecular complexity index is 651. The summed E-state index contributed by atoms with van der Waals surface area (Å²) in [5.74, 6) is 2.48. The molecule has 0 atom stereocenters. The van der Waals surface area contributed by atoms with Crippen molar-refractivity contribution in [3.63, 3.8) is 0 Å². The number of aromatic nitrogens is 2. The highest BCUT2D eigenvalue weighted by Crippen LogP contribution is 2.30. The molecule has 0 spiro atoms. The Balaban J connectivity index is 1.32. The molecule has 4 rings (SSSR count). The van der Waals surface area contributed by atoms with Crippen molar-refractivity contribution >= 4 is 5.82 Å². The van der Waals surface area contributed by atoms with Crippen LogP contribution in [0.5, 0.6) is 5.88 Å². The number of rotatable bonds is 6. The van der Waals surface area contributed by atoms with E-state index in [1.165, 1.54) is 19.4 Å². The molecule has 0 N–H and O–H groups in total. The minimum absolute atomic E-state index is 0.522. The topological polar surface area (TPSA) is 41.5 Å². The van der Waals surface area contributed by atoms with Gasteiger partial charge in [0.15, 0.2) is 5.82 Å². The van der Waals surface area contributed by atoms with Gasteiger partial charge >= 0.3 is 0 Å². The lowest BCUT2D eigenvalue weighted by molar-refractivity contribution is 0.247. The quantitative estimate of drug-likeness (QED) is 0.817. The van der Waals surface area contributed by atoms with Gasteiger partial charge < -0.3 is 9.64 Å². The summed E-state index contributed by atoms with van der Waals surface area (Å²) in [6, 6.07) is 10.1. The Morgan fingerprint density at radius 1 is 1.00 bits per heavy atom. The zero-order valence-corrected chi connectivity index (χ0v) is 14.0. The highest BCUT2D eigenvalue weighted by Gasteiger charge is 2.26. The molecule has 1 aromatic carbocycles. The molecular weight excluding hydrogens is 300 g/mol. The van der Waals surface area contributed by atoms with Crippen LogP contribution in [0.4, 0.5) is 5.82 Å². The van der Waals surface area contributed by atoms with Gasteiger partial charge in [0.05, 0.1) is 12.4 Å². The number of benzene rings is 1. The van der Waals surface area contributed by atoms with Gasteiger partial charge in [-0.15, -0.1) is 0 Å². The third-order valence-corrected chi connectivity index (χ3v) is 4.74. The number of hydrogen-bond acceptors (Lipinski definition) is 5. The average Bonchev–Trinajstić information content (AvgIpc) is 3.46. The van der Waals surface area contributed by atoms with E-state index in [4.69, 9.17) is 4.74 Å². The van der Waals surface area contributed by atoms with E-state index in [2.05, 4.69) is 31.9 Å². The molecule has 0 radical (unpaired) electrons. The van der Waals surface area contributed by atoms with Gasteiger partial charge in [-0.2, -0.15) is 4.98 Å². The minimum atomic E-state index is 0.522. The fourth-order valence-electron chi connectivity index (χ4n) is 3.12. The van der Waals surface area contributed by atoms with E-state index >= 15 is 0 Å². The second-order valence-electron chi connectivity index (χ2n) is 6.72. The van der Waals surface area contributed by atoms with Gasteiger partial charge in [0.1, 0.15) is 6.61 Å². The summed E-state index contributed by atoms with van der Waals surface area (Å²) in [6.07, 6.45) is 6.38. The molecule has 24 heavy (non-hydrogen) atoms. The van der Waals surface area contributed by atoms with Gasteiger partial charge in [0, 0.05) is 32.7 Å². The molecular formula is C19H24N4O. The lowest BCUT2D eigenvalue weighted by Gasteiger charge is -2.35. The number of nitrogens with zero attached hydrogens (tertiary/aromatic N) is 4. The van der Waals surface area contributed by atoms with Crippen LogP contribution in [0.1, 0.15) is 18.4 Å². The van der Waals surface area contributed by atoms with E-state index in [0.29, 0.717) is 12.5 Å². The zero-order chi connectivity index (χ0) is 16.2. The van der Waals surface area contributed by atoms with E-state index in [1.54, 1.807) is 6.20 Å². The van der Waals surface area contributed by atoms with Crippen LogP contribution >= 0.6 is 0 Å². The third kappa shape index (κ3) is 4.03. The standard InChI is InChI=1S/C19H24N4O/c1-2-4-17(5-3-1)15-24-19-13-20-12-18(21-19)23-10-8-22(9-11-23)14-16-6-7-16/h1-5,12-13,16H,6-11,14-15H2. The summed E-state index contributed by atoms with van der Waals surface area (Å²) in [5.41, 5.74) is 1.14. The van der Waals surface area contributed by atoms with Crippen LogP contribution in [0.2, 0.25) is 0 Å². The van der Waals surface area contributed by atoms with Gasteiger partial charge in [-0.25, -0.2) is 0 Å². The number of ether oxygens (including phenoxy) is 1. The lowest BCUT2D eigenvalue weighted by Crippen LogP contribution is -2.47. The molecule has 2 heterocycles. The molecule has 1 aliphatic heterocycles. The number of hydrogen-bond donors (Lipinski definition) is 0. The van der Waals surface area contributed by atoms with E-state index in [-0.39, 0.29) is 0 Å². The Labute approximate surface area is 143 Å². The molecule has 2 aliphatic rings. The number of anilines is 1. The molecule has 1 saturated carbocycles. The second-order valence-corrected chi connectivity index (χ2v) is 6.72. The van der Waals surface area contributed by atoms with Crippen molar-refractivity contribution in [3.8, 4) is 5.88 Å². The van der Waals surface area contributed by atoms with Crippen LogP contribution < -0.4 is 9.64 Å². The van der Waals surface area contributed by atoms with Crippen molar-refractivity contribution in [1.82, 2.24) is 14.9 Å². The van der Waals surface area contributed by atoms with Gasteiger partial charge in [0.2, 0.25) is 5.88 Å². The summed E-state index contributed by atoms with van der Waals surface area (Å²) in [6.45, 7) is 6.07. The van der Waals surface area contributed by atoms with Crippen molar-refractivity contribution < 1.29 is 4.74 Å². The van der Waals surface area contributed by atoms with E-state index < -0.39 is 0 Å². The van der Waals surface area contributed by atoms with Crippen LogP contribution in [0.15, 0.2) is 42.7 Å². The Kier molecular flexibility index (Phi) is 4.60. The van der Waals surface area contributed by atoms with Crippen LogP contribution in [0.3, 0.4) is 0 Å². The third-order valence-electron chi connectivity index (χ3n) is 4.74. The van der Waals surface area contributed by atoms with E-state index in [0.717, 1.165) is 43.5 Å². The number of piperazine rings is 1. The monoisotopic (exact) mass is 324 g/mol. The van der Waals surface area contributed by atoms with Crippen molar-refractivity contribution in [2.45, 2.75) is 19.4 Å². The fraction of sp³-hybridized carbons (Fsp3) is 0.474. The van der Waals surface area contributed by atoms with Crippen LogP contribution in [0.25, 0.3) is 0 Å². The first-order valence-electron chi connectivity index (χ1n) is 8.83. The Morgan fingerprint density at radius 3 is 2.54 bits per heavy atom. The fourth-order valence-corrected chi connectivity index (χ4v) is 3.12. The van der Waals surface area contributed by atoms with E-state index in [1.807, 2.05) is 24.4 Å². The van der Waals surface area contributed by atoms with Crippen molar-refractivity contribution in [1.29, 1.82) is 0 Å². The average molecular weight is 324 g/mol. The maximum Gasteiger partial charge on any atom is 0.234 e. The predicted octanol–water partition coefficient (Wildman–Crippen LogP) is 2.59. The molecule has 1 aromatic heterocycles. The lowest BCUT2D eigenvalue weighted by atomic mass is 10.2. The van der Waals surface area contributed by atoms with Gasteiger partial charge in [-0.05, 0) is 24.3 Å². The zero-order valence-electron chi connectivity index (χ0n) is 14.0. The Hall–Kier alpha value is -2.14. The maximum absolute atomic E-state index is 5.79. The summed E-state index contributed by atoms with van der Waals surface area (Å²) < 4.78 is 5.79. The highest BCUT2D eigenvalue weighted by atomic mass is 16.5. The maximum atomic E-state index is 5.79. The van der Waals surface area contributed by atoms with Gasteiger partial charge in [-0.1, -0.05) is 30.3 Å². The van der Waals surface area contributed by atoms with Gasteiger partial charge in [0.25, 0.3) is 0 Å². The molecule has 0 amide bonds. The molecule has 0 bridgehead atoms. The molecule has 5 heteroatoms. The molecule has 2 fully saturated rings. The summed E-state index contributed by atoms with van der Waals surface area (Å²) in [4.78, 5) is 13.8. The molecule has 1 aliphatic carbocycles. The first kappa shape index (κ1) is 15.4. The largest absolute Gasteiger partial charge is 0.472 e. The molecule has 2 aromatic rings. The minimum Gasteiger partial charge on any atom is -0.472 e. The smallest absolute Gasteiger partial charge is 0.234 e. The molecule has 126 valence electrons. The first-order chi connectivity index (χ1) is 11.9. The van der Waals surface area contributed by atoms with Crippen LogP contribution in [-0.2, 0) is 6.61 Å². The first-order valence-corrected chi connectivity index (χ1v) is 8.83. The molecule has 1 saturated heterocycles. The second kappa shape index (κ2) is 7.18. The van der Waals surface area contributed by atoms with Crippen LogP contribution in [-0.4, -0.2) is 47.6 Å². The molecule has 5 nitrogen and oxygen atoms in total. The summed E-state index contributed by atoms with van der Waals surface area (Å²) in [7, 11) is 0. The van der Waals surface area contributed by atoms with Crippen molar-refractivity contribution in [3.05, 3.63) is 48.3 Å². The van der Waals surface area contributed by atoms with Gasteiger partial charge in [-0.3, -0.25) is 9.88 Å². The SMILES string of the molecule is c1ccc(COc2cncc(N3CCN(CC4CC4)CC3)n2)cc1. The van der Waals surface area contributed by atoms with Crippen LogP contribution in [0, 0.1) is 5.92 Å². The van der Waals surface area contributed by atoms with E-state index in [9.17, 15) is 0 Å². The normalized spacial score (nSPS) is 18.6. The predicted molar refractivity (Wildman–Crippen MR) is 94.2 cm³/mol. The molecule has 0 unspecified atom stereocenters. The van der Waals surface area contributed by atoms with Crippen molar-refractivity contribution in [2.24, 2.45) is 5.92 Å². The summed E-state index contributed by atoms with van der Waals surface area (Å²) in [5, 5.41) is 0.